The van der Waals surface area contributed by atoms with Crippen molar-refractivity contribution in [1.29, 1.82) is 0 Å². The summed E-state index contributed by atoms with van der Waals surface area (Å²) in [6.07, 6.45) is 1.47. The second-order valence-corrected chi connectivity index (χ2v) is 6.51. The van der Waals surface area contributed by atoms with Gasteiger partial charge in [-0.25, -0.2) is 4.98 Å². The van der Waals surface area contributed by atoms with Gasteiger partial charge < -0.3 is 19.0 Å². The van der Waals surface area contributed by atoms with E-state index in [0.29, 0.717) is 23.9 Å². The molecule has 0 saturated heterocycles. The second-order valence-electron chi connectivity index (χ2n) is 6.11. The normalized spacial score (nSPS) is 10.9. The topological polar surface area (TPSA) is 69.3 Å². The highest BCUT2D eigenvalue weighted by Crippen LogP contribution is 2.23. The SMILES string of the molecule is O=C(NCc1nc2ccccc2n1CCOc1ccccc1Cl)c1ccco1. The fourth-order valence-corrected chi connectivity index (χ4v) is 3.16. The van der Waals surface area contributed by atoms with Gasteiger partial charge in [0.15, 0.2) is 5.76 Å². The van der Waals surface area contributed by atoms with Gasteiger partial charge in [0.05, 0.1) is 35.4 Å². The van der Waals surface area contributed by atoms with Gasteiger partial charge in [0.1, 0.15) is 18.2 Å². The summed E-state index contributed by atoms with van der Waals surface area (Å²) in [4.78, 5) is 16.8. The van der Waals surface area contributed by atoms with Gasteiger partial charge in [-0.3, -0.25) is 4.79 Å². The van der Waals surface area contributed by atoms with Crippen LogP contribution in [0.2, 0.25) is 5.02 Å². The van der Waals surface area contributed by atoms with Crippen molar-refractivity contribution >= 4 is 28.5 Å². The predicted octanol–water partition coefficient (Wildman–Crippen LogP) is 4.29. The van der Waals surface area contributed by atoms with E-state index in [-0.39, 0.29) is 18.2 Å². The third-order valence-corrected chi connectivity index (χ3v) is 4.61. The van der Waals surface area contributed by atoms with Gasteiger partial charge in [-0.1, -0.05) is 35.9 Å². The van der Waals surface area contributed by atoms with Crippen molar-refractivity contribution in [2.45, 2.75) is 13.1 Å². The van der Waals surface area contributed by atoms with E-state index in [4.69, 9.17) is 20.8 Å². The summed E-state index contributed by atoms with van der Waals surface area (Å²) < 4.78 is 13.0. The number of ether oxygens (including phenoxy) is 1. The maximum absolute atomic E-state index is 12.2. The van der Waals surface area contributed by atoms with Gasteiger partial charge in [-0.2, -0.15) is 0 Å². The molecule has 0 unspecified atom stereocenters. The second kappa shape index (κ2) is 8.19. The van der Waals surface area contributed by atoms with Crippen molar-refractivity contribution in [3.05, 3.63) is 83.5 Å². The molecule has 6 nitrogen and oxygen atoms in total. The number of rotatable bonds is 7. The van der Waals surface area contributed by atoms with Crippen LogP contribution in [-0.2, 0) is 13.1 Å². The Hall–Kier alpha value is -3.25. The Morgan fingerprint density at radius 1 is 1.11 bits per heavy atom. The van der Waals surface area contributed by atoms with Crippen molar-refractivity contribution in [3.8, 4) is 5.75 Å². The molecule has 0 aliphatic carbocycles. The van der Waals surface area contributed by atoms with E-state index in [2.05, 4.69) is 10.3 Å². The van der Waals surface area contributed by atoms with E-state index in [1.54, 1.807) is 18.2 Å². The number of furan rings is 1. The van der Waals surface area contributed by atoms with Crippen LogP contribution in [0.15, 0.2) is 71.3 Å². The molecule has 2 aromatic carbocycles. The minimum atomic E-state index is -0.282. The number of amides is 1. The molecule has 1 amide bonds. The molecule has 0 fully saturated rings. The lowest BCUT2D eigenvalue weighted by atomic mass is 10.3. The number of hydrogen-bond acceptors (Lipinski definition) is 4. The standard InChI is InChI=1S/C21H18ClN3O3/c22-15-6-1-4-9-18(15)28-13-11-25-17-8-3-2-7-16(17)24-20(25)14-23-21(26)19-10-5-12-27-19/h1-10,12H,11,13-14H2,(H,23,26). The Kier molecular flexibility index (Phi) is 5.30. The van der Waals surface area contributed by atoms with Crippen molar-refractivity contribution < 1.29 is 13.9 Å². The van der Waals surface area contributed by atoms with Gasteiger partial charge >= 0.3 is 0 Å². The van der Waals surface area contributed by atoms with Crippen molar-refractivity contribution in [3.63, 3.8) is 0 Å². The molecule has 0 atom stereocenters. The number of fused-ring (bicyclic) bond motifs is 1. The summed E-state index contributed by atoms with van der Waals surface area (Å²) >= 11 is 6.14. The van der Waals surface area contributed by atoms with Crippen LogP contribution in [0.1, 0.15) is 16.4 Å². The minimum absolute atomic E-state index is 0.268. The third kappa shape index (κ3) is 3.87. The number of imidazole rings is 1. The average Bonchev–Trinajstić information content (AvgIpc) is 3.36. The molecule has 7 heteroatoms. The van der Waals surface area contributed by atoms with Crippen molar-refractivity contribution in [2.75, 3.05) is 6.61 Å². The van der Waals surface area contributed by atoms with E-state index >= 15 is 0 Å². The molecule has 2 heterocycles. The number of halogens is 1. The smallest absolute Gasteiger partial charge is 0.287 e. The summed E-state index contributed by atoms with van der Waals surface area (Å²) in [5.74, 6) is 1.37. The molecule has 1 N–H and O–H groups in total. The van der Waals surface area contributed by atoms with Gasteiger partial charge in [-0.05, 0) is 36.4 Å². The highest BCUT2D eigenvalue weighted by molar-refractivity contribution is 6.32. The molecule has 28 heavy (non-hydrogen) atoms. The number of nitrogens with one attached hydrogen (secondary N) is 1. The van der Waals surface area contributed by atoms with Gasteiger partial charge in [0.25, 0.3) is 5.91 Å². The first-order valence-corrected chi connectivity index (χ1v) is 9.23. The molecule has 0 aliphatic heterocycles. The molecule has 4 aromatic rings. The zero-order chi connectivity index (χ0) is 19.3. The van der Waals surface area contributed by atoms with E-state index in [1.807, 2.05) is 47.0 Å². The van der Waals surface area contributed by atoms with Crippen LogP contribution in [0.3, 0.4) is 0 Å². The van der Waals surface area contributed by atoms with Gasteiger partial charge in [0.2, 0.25) is 0 Å². The van der Waals surface area contributed by atoms with Crippen LogP contribution in [0, 0.1) is 0 Å². The fraction of sp³-hybridized carbons (Fsp3) is 0.143. The molecule has 0 saturated carbocycles. The van der Waals surface area contributed by atoms with E-state index < -0.39 is 0 Å². The van der Waals surface area contributed by atoms with E-state index in [9.17, 15) is 4.79 Å². The lowest BCUT2D eigenvalue weighted by molar-refractivity contribution is 0.0921. The number of nitrogens with zero attached hydrogens (tertiary/aromatic N) is 2. The first kappa shape index (κ1) is 18.1. The molecular formula is C21H18ClN3O3. The van der Waals surface area contributed by atoms with Crippen LogP contribution in [-0.4, -0.2) is 22.1 Å². The number of hydrogen-bond donors (Lipinski definition) is 1. The largest absolute Gasteiger partial charge is 0.490 e. The van der Waals surface area contributed by atoms with Gasteiger partial charge in [0, 0.05) is 0 Å². The number of carbonyl (C=O) groups excluding carboxylic acids is 1. The van der Waals surface area contributed by atoms with E-state index in [1.165, 1.54) is 6.26 Å². The fourth-order valence-electron chi connectivity index (χ4n) is 2.97. The lowest BCUT2D eigenvalue weighted by Crippen LogP contribution is -2.25. The third-order valence-electron chi connectivity index (χ3n) is 4.29. The molecule has 4 rings (SSSR count). The lowest BCUT2D eigenvalue weighted by Gasteiger charge is -2.12. The number of carbonyl (C=O) groups is 1. The maximum Gasteiger partial charge on any atom is 0.287 e. The maximum atomic E-state index is 12.2. The molecule has 0 radical (unpaired) electrons. The minimum Gasteiger partial charge on any atom is -0.490 e. The highest BCUT2D eigenvalue weighted by atomic mass is 35.5. The average molecular weight is 396 g/mol. The molecule has 0 spiro atoms. The zero-order valence-corrected chi connectivity index (χ0v) is 15.7. The predicted molar refractivity (Wildman–Crippen MR) is 107 cm³/mol. The first-order chi connectivity index (χ1) is 13.7. The Morgan fingerprint density at radius 3 is 2.75 bits per heavy atom. The van der Waals surface area contributed by atoms with Crippen molar-refractivity contribution in [2.24, 2.45) is 0 Å². The summed E-state index contributed by atoms with van der Waals surface area (Å²) in [6, 6.07) is 18.5. The van der Waals surface area contributed by atoms with Crippen LogP contribution >= 0.6 is 11.6 Å². The summed E-state index contributed by atoms with van der Waals surface area (Å²) in [7, 11) is 0. The Morgan fingerprint density at radius 2 is 1.93 bits per heavy atom. The van der Waals surface area contributed by atoms with Crippen molar-refractivity contribution in [1.82, 2.24) is 14.9 Å². The first-order valence-electron chi connectivity index (χ1n) is 8.85. The molecular weight excluding hydrogens is 378 g/mol. The van der Waals surface area contributed by atoms with Crippen LogP contribution in [0.5, 0.6) is 5.75 Å². The van der Waals surface area contributed by atoms with Gasteiger partial charge in [-0.15, -0.1) is 0 Å². The monoisotopic (exact) mass is 395 g/mol. The summed E-state index contributed by atoms with van der Waals surface area (Å²) in [5, 5.41) is 3.42. The molecule has 142 valence electrons. The molecule has 0 bridgehead atoms. The molecule has 2 aromatic heterocycles. The number of benzene rings is 2. The van der Waals surface area contributed by atoms with Crippen LogP contribution in [0.4, 0.5) is 0 Å². The molecule has 0 aliphatic rings. The van der Waals surface area contributed by atoms with Crippen LogP contribution < -0.4 is 10.1 Å². The Bertz CT molecular complexity index is 1090. The number of para-hydroxylation sites is 3. The number of aromatic nitrogens is 2. The summed E-state index contributed by atoms with van der Waals surface area (Å²) in [5.41, 5.74) is 1.84. The quantitative estimate of drug-likeness (QED) is 0.506. The van der Waals surface area contributed by atoms with E-state index in [0.717, 1.165) is 16.9 Å². The highest BCUT2D eigenvalue weighted by Gasteiger charge is 2.14. The Balaban J connectivity index is 1.50. The Labute approximate surface area is 166 Å². The zero-order valence-electron chi connectivity index (χ0n) is 15.0. The van der Waals surface area contributed by atoms with Crippen LogP contribution in [0.25, 0.3) is 11.0 Å². The summed E-state index contributed by atoms with van der Waals surface area (Å²) in [6.45, 7) is 1.27.